The van der Waals surface area contributed by atoms with Crippen LogP contribution in [0.3, 0.4) is 0 Å². The number of ether oxygens (including phenoxy) is 2. The Labute approximate surface area is 156 Å². The lowest BCUT2D eigenvalue weighted by Crippen LogP contribution is -2.39. The maximum Gasteiger partial charge on any atom is 0.338 e. The molecule has 2 aromatic heterocycles. The lowest BCUT2D eigenvalue weighted by molar-refractivity contribution is -0.139. The molecular formula is C17H16N2O5S2. The highest BCUT2D eigenvalue weighted by Crippen LogP contribution is 2.33. The molecule has 1 atom stereocenters. The number of nitrogens with zero attached hydrogens (tertiary/aromatic N) is 2. The van der Waals surface area contributed by atoms with E-state index in [0.29, 0.717) is 16.1 Å². The molecule has 0 fully saturated rings. The van der Waals surface area contributed by atoms with E-state index in [-0.39, 0.29) is 11.1 Å². The van der Waals surface area contributed by atoms with E-state index < -0.39 is 23.5 Å². The van der Waals surface area contributed by atoms with Gasteiger partial charge in [0.25, 0.3) is 5.56 Å². The zero-order valence-corrected chi connectivity index (χ0v) is 16.0. The average molecular weight is 392 g/mol. The third kappa shape index (κ3) is 3.15. The molecule has 136 valence electrons. The molecule has 0 amide bonds. The first-order valence-electron chi connectivity index (χ1n) is 7.79. The van der Waals surface area contributed by atoms with Crippen molar-refractivity contribution in [2.24, 2.45) is 4.99 Å². The van der Waals surface area contributed by atoms with E-state index in [1.807, 2.05) is 17.5 Å². The normalized spacial score (nSPS) is 16.9. The monoisotopic (exact) mass is 392 g/mol. The summed E-state index contributed by atoms with van der Waals surface area (Å²) in [6, 6.07) is 3.07. The molecule has 0 radical (unpaired) electrons. The van der Waals surface area contributed by atoms with Gasteiger partial charge >= 0.3 is 11.9 Å². The Morgan fingerprint density at radius 3 is 2.81 bits per heavy atom. The largest absolute Gasteiger partial charge is 0.466 e. The molecule has 2 aromatic rings. The Morgan fingerprint density at radius 2 is 2.19 bits per heavy atom. The predicted octanol–water partition coefficient (Wildman–Crippen LogP) is 0.984. The SMILES string of the molecule is CCOC(=O)C1=C(C)N=c2s/c(=C\C(=O)OC)c(=O)n2[C@@H]1c1cccs1. The number of esters is 2. The Balaban J connectivity index is 2.28. The third-order valence-corrected chi connectivity index (χ3v) is 5.69. The van der Waals surface area contributed by atoms with E-state index in [4.69, 9.17) is 4.74 Å². The number of carbonyl (C=O) groups is 2. The van der Waals surface area contributed by atoms with E-state index in [0.717, 1.165) is 22.3 Å². The molecule has 0 N–H and O–H groups in total. The lowest BCUT2D eigenvalue weighted by Gasteiger charge is -2.23. The topological polar surface area (TPSA) is 87.0 Å². The van der Waals surface area contributed by atoms with E-state index >= 15 is 0 Å². The Hall–Kier alpha value is -2.52. The van der Waals surface area contributed by atoms with Crippen LogP contribution in [0.25, 0.3) is 6.08 Å². The van der Waals surface area contributed by atoms with Gasteiger partial charge in [0, 0.05) is 11.0 Å². The van der Waals surface area contributed by atoms with Gasteiger partial charge in [-0.2, -0.15) is 0 Å². The fraction of sp³-hybridized carbons (Fsp3) is 0.294. The van der Waals surface area contributed by atoms with Gasteiger partial charge in [0.15, 0.2) is 4.80 Å². The van der Waals surface area contributed by atoms with Crippen LogP contribution in [0.2, 0.25) is 0 Å². The van der Waals surface area contributed by atoms with Gasteiger partial charge in [0.05, 0.1) is 25.0 Å². The third-order valence-electron chi connectivity index (χ3n) is 3.78. The minimum absolute atomic E-state index is 0.204. The molecule has 0 aromatic carbocycles. The number of allylic oxidation sites excluding steroid dienone is 1. The number of aromatic nitrogens is 1. The highest BCUT2D eigenvalue weighted by Gasteiger charge is 2.33. The second-order valence-electron chi connectivity index (χ2n) is 5.34. The van der Waals surface area contributed by atoms with Crippen molar-refractivity contribution < 1.29 is 19.1 Å². The van der Waals surface area contributed by atoms with Crippen LogP contribution in [0.4, 0.5) is 0 Å². The van der Waals surface area contributed by atoms with Gasteiger partial charge in [-0.3, -0.25) is 9.36 Å². The average Bonchev–Trinajstić information content (AvgIpc) is 3.23. The Bertz CT molecular complexity index is 1060. The smallest absolute Gasteiger partial charge is 0.338 e. The van der Waals surface area contributed by atoms with Gasteiger partial charge in [0.1, 0.15) is 10.6 Å². The second kappa shape index (κ2) is 7.38. The van der Waals surface area contributed by atoms with E-state index in [9.17, 15) is 14.4 Å². The van der Waals surface area contributed by atoms with E-state index in [2.05, 4.69) is 9.73 Å². The van der Waals surface area contributed by atoms with Gasteiger partial charge in [0.2, 0.25) is 0 Å². The summed E-state index contributed by atoms with van der Waals surface area (Å²) in [5, 5.41) is 1.87. The summed E-state index contributed by atoms with van der Waals surface area (Å²) in [7, 11) is 1.24. The first-order chi connectivity index (χ1) is 12.5. The summed E-state index contributed by atoms with van der Waals surface area (Å²) in [6.07, 6.45) is 1.14. The zero-order valence-electron chi connectivity index (χ0n) is 14.3. The molecule has 7 nitrogen and oxygen atoms in total. The molecule has 0 saturated carbocycles. The number of fused-ring (bicyclic) bond motifs is 1. The van der Waals surface area contributed by atoms with Gasteiger partial charge < -0.3 is 9.47 Å². The van der Waals surface area contributed by atoms with Crippen molar-refractivity contribution in [3.8, 4) is 0 Å². The van der Waals surface area contributed by atoms with Crippen molar-refractivity contribution >= 4 is 40.7 Å². The second-order valence-corrected chi connectivity index (χ2v) is 7.33. The molecule has 0 aliphatic carbocycles. The number of rotatable bonds is 4. The van der Waals surface area contributed by atoms with Crippen molar-refractivity contribution in [2.75, 3.05) is 13.7 Å². The molecule has 1 aliphatic rings. The number of thiophene rings is 1. The van der Waals surface area contributed by atoms with Crippen LogP contribution in [-0.4, -0.2) is 30.2 Å². The van der Waals surface area contributed by atoms with Crippen LogP contribution >= 0.6 is 22.7 Å². The minimum Gasteiger partial charge on any atom is -0.466 e. The van der Waals surface area contributed by atoms with Gasteiger partial charge in [-0.25, -0.2) is 14.6 Å². The quantitative estimate of drug-likeness (QED) is 0.724. The number of hydrogen-bond acceptors (Lipinski definition) is 8. The number of methoxy groups -OCH3 is 1. The summed E-state index contributed by atoms with van der Waals surface area (Å²) >= 11 is 2.51. The van der Waals surface area contributed by atoms with E-state index in [1.54, 1.807) is 13.8 Å². The maximum absolute atomic E-state index is 12.9. The summed E-state index contributed by atoms with van der Waals surface area (Å²) in [5.74, 6) is -1.13. The van der Waals surface area contributed by atoms with Gasteiger partial charge in [-0.05, 0) is 25.3 Å². The Kier molecular flexibility index (Phi) is 5.19. The number of thiazole rings is 1. The molecule has 26 heavy (non-hydrogen) atoms. The van der Waals surface area contributed by atoms with Crippen LogP contribution in [-0.2, 0) is 19.1 Å². The molecular weight excluding hydrogens is 376 g/mol. The van der Waals surface area contributed by atoms with Crippen molar-refractivity contribution in [2.45, 2.75) is 19.9 Å². The lowest BCUT2D eigenvalue weighted by atomic mass is 10.0. The molecule has 0 bridgehead atoms. The number of carbonyl (C=O) groups excluding carboxylic acids is 2. The highest BCUT2D eigenvalue weighted by molar-refractivity contribution is 7.10. The van der Waals surface area contributed by atoms with Crippen LogP contribution in [0.1, 0.15) is 24.8 Å². The van der Waals surface area contributed by atoms with Crippen molar-refractivity contribution in [1.29, 1.82) is 0 Å². The molecule has 3 rings (SSSR count). The summed E-state index contributed by atoms with van der Waals surface area (Å²) in [4.78, 5) is 42.6. The number of hydrogen-bond donors (Lipinski definition) is 0. The molecule has 1 aliphatic heterocycles. The zero-order chi connectivity index (χ0) is 18.8. The molecule has 0 saturated heterocycles. The van der Waals surface area contributed by atoms with Gasteiger partial charge in [-0.1, -0.05) is 17.4 Å². The van der Waals surface area contributed by atoms with Crippen molar-refractivity contribution in [1.82, 2.24) is 4.57 Å². The fourth-order valence-electron chi connectivity index (χ4n) is 2.67. The van der Waals surface area contributed by atoms with Crippen LogP contribution in [0.5, 0.6) is 0 Å². The molecule has 0 spiro atoms. The molecule has 9 heteroatoms. The first kappa shape index (κ1) is 18.3. The maximum atomic E-state index is 12.9. The predicted molar refractivity (Wildman–Crippen MR) is 97.6 cm³/mol. The standard InChI is InChI=1S/C17H16N2O5S2/c1-4-24-16(22)13-9(2)18-17-19(14(13)10-6-5-7-25-10)15(21)11(26-17)8-12(20)23-3/h5-8,14H,4H2,1-3H3/b11-8-/t14-/m1/s1. The molecule has 0 unspecified atom stereocenters. The summed E-state index contributed by atoms with van der Waals surface area (Å²) < 4.78 is 11.4. The summed E-state index contributed by atoms with van der Waals surface area (Å²) in [5.41, 5.74) is 0.422. The van der Waals surface area contributed by atoms with Crippen molar-refractivity contribution in [3.63, 3.8) is 0 Å². The first-order valence-corrected chi connectivity index (χ1v) is 9.48. The minimum atomic E-state index is -0.634. The summed E-state index contributed by atoms with van der Waals surface area (Å²) in [6.45, 7) is 3.66. The van der Waals surface area contributed by atoms with E-state index in [1.165, 1.54) is 23.0 Å². The fourth-order valence-corrected chi connectivity index (χ4v) is 4.50. The van der Waals surface area contributed by atoms with Gasteiger partial charge in [-0.15, -0.1) is 11.3 Å². The Morgan fingerprint density at radius 1 is 1.42 bits per heavy atom. The highest BCUT2D eigenvalue weighted by atomic mass is 32.1. The van der Waals surface area contributed by atoms with Crippen molar-refractivity contribution in [3.05, 3.63) is 53.3 Å². The molecule has 3 heterocycles. The van der Waals surface area contributed by atoms with Crippen LogP contribution in [0, 0.1) is 0 Å². The van der Waals surface area contributed by atoms with Crippen LogP contribution in [0.15, 0.2) is 38.6 Å². The van der Waals surface area contributed by atoms with Crippen LogP contribution < -0.4 is 14.9 Å².